The van der Waals surface area contributed by atoms with Crippen molar-refractivity contribution in [3.8, 4) is 11.4 Å². The predicted molar refractivity (Wildman–Crippen MR) is 117 cm³/mol. The van der Waals surface area contributed by atoms with Gasteiger partial charge in [-0.25, -0.2) is 4.79 Å². The Morgan fingerprint density at radius 3 is 2.48 bits per heavy atom. The van der Waals surface area contributed by atoms with Gasteiger partial charge >= 0.3 is 12.2 Å². The fourth-order valence-corrected chi connectivity index (χ4v) is 3.30. The number of amides is 2. The minimum absolute atomic E-state index is 0.0490. The molecule has 0 saturated heterocycles. The first-order chi connectivity index (χ1) is 15.8. The molecule has 3 aromatic carbocycles. The minimum Gasteiger partial charge on any atom is -0.381 e. The van der Waals surface area contributed by atoms with Gasteiger partial charge in [0.15, 0.2) is 0 Å². The highest BCUT2D eigenvalue weighted by Crippen LogP contribution is 2.38. The summed E-state index contributed by atoms with van der Waals surface area (Å²) in [6.45, 7) is 0.527. The van der Waals surface area contributed by atoms with Gasteiger partial charge in [-0.15, -0.1) is 10.2 Å². The number of nitrogens with one attached hydrogen (secondary N) is 2. The summed E-state index contributed by atoms with van der Waals surface area (Å²) in [4.78, 5) is 13.3. The largest absolute Gasteiger partial charge is 0.416 e. The Labute approximate surface area is 186 Å². The summed E-state index contributed by atoms with van der Waals surface area (Å²) in [6.07, 6.45) is -4.58. The topological polar surface area (TPSA) is 113 Å². The van der Waals surface area contributed by atoms with E-state index in [0.29, 0.717) is 17.8 Å². The molecule has 1 aromatic heterocycles. The Bertz CT molecular complexity index is 1240. The second-order valence-electron chi connectivity index (χ2n) is 7.03. The summed E-state index contributed by atoms with van der Waals surface area (Å²) in [6, 6.07) is 18.0. The molecule has 4 N–H and O–H groups in total. The van der Waals surface area contributed by atoms with E-state index in [1.807, 2.05) is 30.3 Å². The Morgan fingerprint density at radius 1 is 1.03 bits per heavy atom. The SMILES string of the molecule is NC(=O)N(c1cccc(C(F)(F)F)c1)c1ccc(NCc2ccccc2)cc1-c1nn[nH]n1. The maximum absolute atomic E-state index is 13.2. The molecular formula is C22H18F3N7O. The number of anilines is 3. The van der Waals surface area contributed by atoms with Gasteiger partial charge in [0, 0.05) is 17.8 Å². The van der Waals surface area contributed by atoms with Gasteiger partial charge in [-0.05, 0) is 47.2 Å². The molecule has 0 aliphatic carbocycles. The van der Waals surface area contributed by atoms with E-state index in [4.69, 9.17) is 5.73 Å². The molecule has 0 unspecified atom stereocenters. The molecule has 2 amide bonds. The van der Waals surface area contributed by atoms with Gasteiger partial charge < -0.3 is 11.1 Å². The highest BCUT2D eigenvalue weighted by Gasteiger charge is 2.32. The number of tetrazole rings is 1. The van der Waals surface area contributed by atoms with E-state index in [9.17, 15) is 18.0 Å². The van der Waals surface area contributed by atoms with E-state index in [1.165, 1.54) is 12.1 Å². The third-order valence-corrected chi connectivity index (χ3v) is 4.82. The Morgan fingerprint density at radius 2 is 1.82 bits per heavy atom. The van der Waals surface area contributed by atoms with E-state index in [0.717, 1.165) is 22.6 Å². The highest BCUT2D eigenvalue weighted by atomic mass is 19.4. The fraction of sp³-hybridized carbons (Fsp3) is 0.0909. The lowest BCUT2D eigenvalue weighted by molar-refractivity contribution is -0.137. The number of nitrogens with two attached hydrogens (primary N) is 1. The van der Waals surface area contributed by atoms with Crippen LogP contribution >= 0.6 is 0 Å². The van der Waals surface area contributed by atoms with Crippen LogP contribution in [0.25, 0.3) is 11.4 Å². The smallest absolute Gasteiger partial charge is 0.381 e. The van der Waals surface area contributed by atoms with Crippen LogP contribution in [0.3, 0.4) is 0 Å². The van der Waals surface area contributed by atoms with Crippen LogP contribution in [-0.4, -0.2) is 26.7 Å². The van der Waals surface area contributed by atoms with Crippen molar-refractivity contribution < 1.29 is 18.0 Å². The standard InChI is InChI=1S/C22H18F3N7O/c23-22(24,25)15-7-4-8-17(11-15)32(21(26)33)19-10-9-16(12-18(19)20-28-30-31-29-20)27-13-14-5-2-1-3-6-14/h1-12,27H,13H2,(H2,26,33)(H,28,29,30,31). The van der Waals surface area contributed by atoms with Crippen molar-refractivity contribution in [1.82, 2.24) is 20.6 Å². The van der Waals surface area contributed by atoms with Crippen LogP contribution in [0.2, 0.25) is 0 Å². The first kappa shape index (κ1) is 21.8. The number of rotatable bonds is 6. The van der Waals surface area contributed by atoms with E-state index in [-0.39, 0.29) is 17.2 Å². The van der Waals surface area contributed by atoms with Gasteiger partial charge in [0.1, 0.15) is 0 Å². The molecule has 0 saturated carbocycles. The Balaban J connectivity index is 1.75. The number of benzene rings is 3. The molecule has 0 spiro atoms. The molecule has 0 fully saturated rings. The van der Waals surface area contributed by atoms with Gasteiger partial charge in [0.2, 0.25) is 5.82 Å². The van der Waals surface area contributed by atoms with Crippen LogP contribution in [0.4, 0.5) is 35.0 Å². The van der Waals surface area contributed by atoms with E-state index >= 15 is 0 Å². The summed E-state index contributed by atoms with van der Waals surface area (Å²) in [5.41, 5.74) is 6.89. The highest BCUT2D eigenvalue weighted by molar-refractivity contribution is 6.02. The third-order valence-electron chi connectivity index (χ3n) is 4.82. The van der Waals surface area contributed by atoms with Crippen LogP contribution in [-0.2, 0) is 12.7 Å². The molecular weight excluding hydrogens is 435 g/mol. The van der Waals surface area contributed by atoms with Crippen molar-refractivity contribution in [1.29, 1.82) is 0 Å². The number of alkyl halides is 3. The first-order valence-electron chi connectivity index (χ1n) is 9.75. The van der Waals surface area contributed by atoms with Gasteiger partial charge in [-0.3, -0.25) is 4.90 Å². The number of aromatic nitrogens is 4. The molecule has 4 rings (SSSR count). The van der Waals surface area contributed by atoms with Crippen LogP contribution in [0.1, 0.15) is 11.1 Å². The average molecular weight is 453 g/mol. The molecule has 8 nitrogen and oxygen atoms in total. The maximum Gasteiger partial charge on any atom is 0.416 e. The molecule has 0 radical (unpaired) electrons. The summed E-state index contributed by atoms with van der Waals surface area (Å²) in [7, 11) is 0. The lowest BCUT2D eigenvalue weighted by Crippen LogP contribution is -2.32. The van der Waals surface area contributed by atoms with Gasteiger partial charge in [-0.2, -0.15) is 18.4 Å². The van der Waals surface area contributed by atoms with Crippen molar-refractivity contribution in [2.75, 3.05) is 10.2 Å². The predicted octanol–water partition coefficient (Wildman–Crippen LogP) is 4.71. The zero-order valence-corrected chi connectivity index (χ0v) is 17.0. The number of aromatic amines is 1. The number of primary amides is 1. The molecule has 0 atom stereocenters. The molecule has 0 aliphatic heterocycles. The van der Waals surface area contributed by atoms with E-state index < -0.39 is 17.8 Å². The van der Waals surface area contributed by atoms with Crippen molar-refractivity contribution in [3.05, 3.63) is 83.9 Å². The Kier molecular flexibility index (Phi) is 5.94. The molecule has 168 valence electrons. The van der Waals surface area contributed by atoms with E-state index in [2.05, 4.69) is 25.9 Å². The Hall–Kier alpha value is -4.41. The summed E-state index contributed by atoms with van der Waals surface area (Å²) >= 11 is 0. The zero-order chi connectivity index (χ0) is 23.4. The number of hydrogen-bond acceptors (Lipinski definition) is 5. The second kappa shape index (κ2) is 8.99. The third kappa shape index (κ3) is 4.92. The second-order valence-corrected chi connectivity index (χ2v) is 7.03. The normalized spacial score (nSPS) is 11.2. The molecule has 0 aliphatic rings. The van der Waals surface area contributed by atoms with Crippen molar-refractivity contribution >= 4 is 23.1 Å². The number of urea groups is 1. The average Bonchev–Trinajstić information content (AvgIpc) is 3.33. The molecule has 4 aromatic rings. The van der Waals surface area contributed by atoms with Crippen LogP contribution < -0.4 is 16.0 Å². The summed E-state index contributed by atoms with van der Waals surface area (Å²) in [5.74, 6) is 0.145. The minimum atomic E-state index is -4.58. The monoisotopic (exact) mass is 453 g/mol. The molecule has 33 heavy (non-hydrogen) atoms. The lowest BCUT2D eigenvalue weighted by atomic mass is 10.1. The zero-order valence-electron chi connectivity index (χ0n) is 17.0. The van der Waals surface area contributed by atoms with Crippen molar-refractivity contribution in [2.45, 2.75) is 12.7 Å². The molecule has 0 bridgehead atoms. The van der Waals surface area contributed by atoms with E-state index in [1.54, 1.807) is 18.2 Å². The van der Waals surface area contributed by atoms with Crippen LogP contribution in [0, 0.1) is 0 Å². The van der Waals surface area contributed by atoms with Gasteiger partial charge in [-0.1, -0.05) is 36.4 Å². The van der Waals surface area contributed by atoms with Crippen LogP contribution in [0.5, 0.6) is 0 Å². The number of carbonyl (C=O) groups is 1. The van der Waals surface area contributed by atoms with Crippen molar-refractivity contribution in [2.24, 2.45) is 5.73 Å². The number of halogens is 3. The maximum atomic E-state index is 13.2. The number of carbonyl (C=O) groups excluding carboxylic acids is 1. The lowest BCUT2D eigenvalue weighted by Gasteiger charge is -2.24. The molecule has 11 heteroatoms. The summed E-state index contributed by atoms with van der Waals surface area (Å²) < 4.78 is 39.7. The van der Waals surface area contributed by atoms with Crippen molar-refractivity contribution in [3.63, 3.8) is 0 Å². The van der Waals surface area contributed by atoms with Crippen LogP contribution in [0.15, 0.2) is 72.8 Å². The number of nitrogens with zero attached hydrogens (tertiary/aromatic N) is 4. The molecule has 1 heterocycles. The summed E-state index contributed by atoms with van der Waals surface area (Å²) in [5, 5.41) is 17.1. The number of hydrogen-bond donors (Lipinski definition) is 3. The quantitative estimate of drug-likeness (QED) is 0.391. The number of H-pyrrole nitrogens is 1. The van der Waals surface area contributed by atoms with Gasteiger partial charge in [0.25, 0.3) is 0 Å². The fourth-order valence-electron chi connectivity index (χ4n) is 3.30. The first-order valence-corrected chi connectivity index (χ1v) is 9.75. The van der Waals surface area contributed by atoms with Gasteiger partial charge in [0.05, 0.1) is 16.9 Å².